The first-order valence-electron chi connectivity index (χ1n) is 7.64. The van der Waals surface area contributed by atoms with E-state index in [2.05, 4.69) is 25.2 Å². The molecule has 0 fully saturated rings. The molecule has 0 aliphatic heterocycles. The van der Waals surface area contributed by atoms with E-state index in [1.807, 2.05) is 49.4 Å². The van der Waals surface area contributed by atoms with Gasteiger partial charge in [0.05, 0.1) is 6.54 Å². The Morgan fingerprint density at radius 1 is 1.09 bits per heavy atom. The predicted octanol–water partition coefficient (Wildman–Crippen LogP) is 3.93. The summed E-state index contributed by atoms with van der Waals surface area (Å²) in [6, 6.07) is 15.6. The van der Waals surface area contributed by atoms with E-state index in [4.69, 9.17) is 4.74 Å². The molecule has 2 rings (SSSR count). The van der Waals surface area contributed by atoms with Gasteiger partial charge in [-0.25, -0.2) is 0 Å². The highest BCUT2D eigenvalue weighted by Crippen LogP contribution is 2.25. The molecule has 3 nitrogen and oxygen atoms in total. The molecule has 0 spiro atoms. The number of amides is 1. The van der Waals surface area contributed by atoms with E-state index in [1.165, 1.54) is 5.56 Å². The second-order valence-electron chi connectivity index (χ2n) is 5.66. The molecule has 0 saturated carbocycles. The molecule has 22 heavy (non-hydrogen) atoms. The van der Waals surface area contributed by atoms with E-state index >= 15 is 0 Å². The monoisotopic (exact) mass is 297 g/mol. The third kappa shape index (κ3) is 4.35. The van der Waals surface area contributed by atoms with Gasteiger partial charge in [-0.05, 0) is 36.6 Å². The second kappa shape index (κ2) is 7.64. The summed E-state index contributed by atoms with van der Waals surface area (Å²) in [5, 5.41) is 2.87. The summed E-state index contributed by atoms with van der Waals surface area (Å²) in [4.78, 5) is 12.0. The molecule has 0 unspecified atom stereocenters. The van der Waals surface area contributed by atoms with Gasteiger partial charge < -0.3 is 10.1 Å². The van der Waals surface area contributed by atoms with Crippen molar-refractivity contribution in [3.63, 3.8) is 0 Å². The maximum absolute atomic E-state index is 12.0. The molecular formula is C19H23NO2. The van der Waals surface area contributed by atoms with Gasteiger partial charge in [0.25, 0.3) is 5.91 Å². The molecule has 2 aromatic rings. The molecule has 1 N–H and O–H groups in total. The number of aryl methyl sites for hydroxylation is 1. The zero-order valence-corrected chi connectivity index (χ0v) is 13.4. The molecule has 2 aromatic carbocycles. The quantitative estimate of drug-likeness (QED) is 0.821. The first-order valence-corrected chi connectivity index (χ1v) is 7.64. The molecule has 0 atom stereocenters. The van der Waals surface area contributed by atoms with Gasteiger partial charge in [-0.3, -0.25) is 4.79 Å². The van der Waals surface area contributed by atoms with Crippen LogP contribution in [-0.2, 0) is 0 Å². The minimum Gasteiger partial charge on any atom is -0.491 e. The van der Waals surface area contributed by atoms with Crippen LogP contribution in [0.1, 0.15) is 41.3 Å². The number of benzene rings is 2. The van der Waals surface area contributed by atoms with E-state index < -0.39 is 0 Å². The van der Waals surface area contributed by atoms with E-state index in [9.17, 15) is 4.79 Å². The molecule has 3 heteroatoms. The lowest BCUT2D eigenvalue weighted by Gasteiger charge is -2.14. The van der Waals surface area contributed by atoms with Crippen LogP contribution in [0.2, 0.25) is 0 Å². The average molecular weight is 297 g/mol. The van der Waals surface area contributed by atoms with Crippen LogP contribution in [0.4, 0.5) is 0 Å². The molecule has 0 bridgehead atoms. The van der Waals surface area contributed by atoms with Crippen LogP contribution in [0.25, 0.3) is 0 Å². The first-order chi connectivity index (χ1) is 10.6. The van der Waals surface area contributed by atoms with Gasteiger partial charge in [0, 0.05) is 5.56 Å². The Hall–Kier alpha value is -2.29. The Morgan fingerprint density at radius 3 is 2.45 bits per heavy atom. The Labute approximate surface area is 132 Å². The lowest BCUT2D eigenvalue weighted by Crippen LogP contribution is -2.28. The number of nitrogens with one attached hydrogen (secondary N) is 1. The normalized spacial score (nSPS) is 10.5. The molecule has 0 saturated heterocycles. The standard InChI is InChI=1S/C19H23NO2/c1-14(2)17-6-4-5-7-18(17)22-13-12-20-19(21)16-10-8-15(3)9-11-16/h4-11,14H,12-13H2,1-3H3,(H,20,21). The van der Waals surface area contributed by atoms with Crippen molar-refractivity contribution in [3.05, 3.63) is 65.2 Å². The highest BCUT2D eigenvalue weighted by Gasteiger charge is 2.07. The van der Waals surface area contributed by atoms with Crippen molar-refractivity contribution >= 4 is 5.91 Å². The van der Waals surface area contributed by atoms with E-state index in [0.29, 0.717) is 24.6 Å². The van der Waals surface area contributed by atoms with Crippen LogP contribution < -0.4 is 10.1 Å². The maximum atomic E-state index is 12.0. The van der Waals surface area contributed by atoms with Crippen molar-refractivity contribution in [2.24, 2.45) is 0 Å². The number of carbonyl (C=O) groups is 1. The van der Waals surface area contributed by atoms with Crippen LogP contribution in [0.3, 0.4) is 0 Å². The summed E-state index contributed by atoms with van der Waals surface area (Å²) in [6.45, 7) is 7.23. The highest BCUT2D eigenvalue weighted by atomic mass is 16.5. The Kier molecular flexibility index (Phi) is 5.59. The smallest absolute Gasteiger partial charge is 0.251 e. The zero-order chi connectivity index (χ0) is 15.9. The van der Waals surface area contributed by atoms with Crippen molar-refractivity contribution in [1.29, 1.82) is 0 Å². The fourth-order valence-electron chi connectivity index (χ4n) is 2.22. The topological polar surface area (TPSA) is 38.3 Å². The third-order valence-electron chi connectivity index (χ3n) is 3.50. The Bertz CT molecular complexity index is 618. The van der Waals surface area contributed by atoms with E-state index in [0.717, 1.165) is 11.3 Å². The fraction of sp³-hybridized carbons (Fsp3) is 0.316. The lowest BCUT2D eigenvalue weighted by molar-refractivity contribution is 0.0947. The Balaban J connectivity index is 1.82. The third-order valence-corrected chi connectivity index (χ3v) is 3.50. The second-order valence-corrected chi connectivity index (χ2v) is 5.66. The number of hydrogen-bond acceptors (Lipinski definition) is 2. The number of hydrogen-bond donors (Lipinski definition) is 1. The van der Waals surface area contributed by atoms with Crippen LogP contribution >= 0.6 is 0 Å². The minimum atomic E-state index is -0.0688. The zero-order valence-electron chi connectivity index (χ0n) is 13.4. The summed E-state index contributed by atoms with van der Waals surface area (Å²) in [5.74, 6) is 1.24. The Morgan fingerprint density at radius 2 is 1.77 bits per heavy atom. The van der Waals surface area contributed by atoms with Gasteiger partial charge in [0.2, 0.25) is 0 Å². The number of carbonyl (C=O) groups excluding carboxylic acids is 1. The van der Waals surface area contributed by atoms with Gasteiger partial charge >= 0.3 is 0 Å². The molecule has 1 amide bonds. The van der Waals surface area contributed by atoms with Crippen molar-refractivity contribution in [1.82, 2.24) is 5.32 Å². The van der Waals surface area contributed by atoms with Crippen LogP contribution in [0, 0.1) is 6.92 Å². The molecule has 0 aliphatic rings. The average Bonchev–Trinajstić information content (AvgIpc) is 2.52. The van der Waals surface area contributed by atoms with Crippen molar-refractivity contribution in [2.75, 3.05) is 13.2 Å². The largest absolute Gasteiger partial charge is 0.491 e. The van der Waals surface area contributed by atoms with Crippen molar-refractivity contribution < 1.29 is 9.53 Å². The molecule has 0 heterocycles. The number of ether oxygens (including phenoxy) is 1. The van der Waals surface area contributed by atoms with Gasteiger partial charge in [-0.2, -0.15) is 0 Å². The van der Waals surface area contributed by atoms with Crippen LogP contribution in [0.5, 0.6) is 5.75 Å². The summed E-state index contributed by atoms with van der Waals surface area (Å²) < 4.78 is 5.79. The van der Waals surface area contributed by atoms with Crippen molar-refractivity contribution in [2.45, 2.75) is 26.7 Å². The van der Waals surface area contributed by atoms with Crippen molar-refractivity contribution in [3.8, 4) is 5.75 Å². The van der Waals surface area contributed by atoms with E-state index in [1.54, 1.807) is 0 Å². The number of para-hydroxylation sites is 1. The molecule has 0 radical (unpaired) electrons. The lowest BCUT2D eigenvalue weighted by atomic mass is 10.0. The fourth-order valence-corrected chi connectivity index (χ4v) is 2.22. The molecule has 0 aliphatic carbocycles. The highest BCUT2D eigenvalue weighted by molar-refractivity contribution is 5.94. The van der Waals surface area contributed by atoms with E-state index in [-0.39, 0.29) is 5.91 Å². The minimum absolute atomic E-state index is 0.0688. The summed E-state index contributed by atoms with van der Waals surface area (Å²) in [5.41, 5.74) is 3.01. The van der Waals surface area contributed by atoms with Gasteiger partial charge in [-0.15, -0.1) is 0 Å². The predicted molar refractivity (Wildman–Crippen MR) is 89.5 cm³/mol. The first kappa shape index (κ1) is 16.1. The summed E-state index contributed by atoms with van der Waals surface area (Å²) >= 11 is 0. The maximum Gasteiger partial charge on any atom is 0.251 e. The van der Waals surface area contributed by atoms with Crippen LogP contribution in [0.15, 0.2) is 48.5 Å². The molecule has 116 valence electrons. The van der Waals surface area contributed by atoms with Gasteiger partial charge in [-0.1, -0.05) is 49.7 Å². The summed E-state index contributed by atoms with van der Waals surface area (Å²) in [7, 11) is 0. The molecule has 0 aromatic heterocycles. The summed E-state index contributed by atoms with van der Waals surface area (Å²) in [6.07, 6.45) is 0. The van der Waals surface area contributed by atoms with Gasteiger partial charge in [0.1, 0.15) is 12.4 Å². The van der Waals surface area contributed by atoms with Gasteiger partial charge in [0.15, 0.2) is 0 Å². The molecular weight excluding hydrogens is 274 g/mol. The number of rotatable bonds is 6. The van der Waals surface area contributed by atoms with Crippen LogP contribution in [-0.4, -0.2) is 19.1 Å². The SMILES string of the molecule is Cc1ccc(C(=O)NCCOc2ccccc2C(C)C)cc1.